The number of nitrogens with one attached hydrogen (secondary N) is 3. The minimum Gasteiger partial charge on any atom is -0.316 e. The number of nitrogens with zero attached hydrogens (tertiary/aromatic N) is 1. The van der Waals surface area contributed by atoms with Crippen molar-refractivity contribution in [3.63, 3.8) is 0 Å². The third-order valence-corrected chi connectivity index (χ3v) is 5.35. The molecule has 0 spiro atoms. The highest BCUT2D eigenvalue weighted by Gasteiger charge is 2.22. The van der Waals surface area contributed by atoms with Gasteiger partial charge < -0.3 is 10.6 Å². The van der Waals surface area contributed by atoms with Crippen LogP contribution in [-0.2, 0) is 4.79 Å². The van der Waals surface area contributed by atoms with E-state index in [-0.39, 0.29) is 24.2 Å². The Kier molecular flexibility index (Phi) is 6.27. The van der Waals surface area contributed by atoms with Crippen LogP contribution in [0.25, 0.3) is 22.0 Å². The van der Waals surface area contributed by atoms with E-state index in [1.165, 1.54) is 0 Å². The molecule has 0 aliphatic carbocycles. The van der Waals surface area contributed by atoms with E-state index in [4.69, 9.17) is 23.2 Å². The van der Waals surface area contributed by atoms with E-state index in [1.807, 2.05) is 24.3 Å². The number of aromatic amines is 1. The van der Waals surface area contributed by atoms with Gasteiger partial charge in [0.1, 0.15) is 0 Å². The summed E-state index contributed by atoms with van der Waals surface area (Å²) in [4.78, 5) is 12.5. The van der Waals surface area contributed by atoms with Gasteiger partial charge in [0.2, 0.25) is 5.91 Å². The van der Waals surface area contributed by atoms with Crippen molar-refractivity contribution in [1.82, 2.24) is 15.5 Å². The van der Waals surface area contributed by atoms with E-state index < -0.39 is 0 Å². The van der Waals surface area contributed by atoms with E-state index in [9.17, 15) is 4.79 Å². The third kappa shape index (κ3) is 4.06. The highest BCUT2D eigenvalue weighted by Crippen LogP contribution is 2.36. The molecule has 1 aliphatic heterocycles. The molecule has 3 aromatic rings. The monoisotopic (exact) mass is 424 g/mol. The summed E-state index contributed by atoms with van der Waals surface area (Å²) in [5, 5.41) is 15.4. The lowest BCUT2D eigenvalue weighted by atomic mass is 9.99. The number of amides is 1. The zero-order valence-electron chi connectivity index (χ0n) is 14.4. The standard InChI is InChI=1S/C19H18Cl2N4O.ClH/c20-14-4-1-5-15(21)17(14)11-6-7-16-13(9-11)18(25-24-16)23-19(26)12-3-2-8-22-10-12;/h1,4-7,9,12,22H,2-3,8,10H2,(H2,23,24,25,26);1H/t12-;/m1./s1. The molecule has 4 rings (SSSR count). The molecule has 5 nitrogen and oxygen atoms in total. The maximum atomic E-state index is 12.5. The number of halogens is 3. The van der Waals surface area contributed by atoms with Crippen LogP contribution in [0.4, 0.5) is 5.82 Å². The predicted octanol–water partition coefficient (Wildman–Crippen LogP) is 4.90. The normalized spacial score (nSPS) is 16.7. The Morgan fingerprint density at radius 3 is 2.67 bits per heavy atom. The number of hydrogen-bond donors (Lipinski definition) is 3. The third-order valence-electron chi connectivity index (χ3n) is 4.72. The van der Waals surface area contributed by atoms with Gasteiger partial charge >= 0.3 is 0 Å². The van der Waals surface area contributed by atoms with E-state index >= 15 is 0 Å². The quantitative estimate of drug-likeness (QED) is 0.559. The molecule has 3 N–H and O–H groups in total. The summed E-state index contributed by atoms with van der Waals surface area (Å²) in [6.45, 7) is 1.67. The van der Waals surface area contributed by atoms with Crippen LogP contribution in [0.1, 0.15) is 12.8 Å². The van der Waals surface area contributed by atoms with Crippen molar-refractivity contribution in [2.45, 2.75) is 12.8 Å². The topological polar surface area (TPSA) is 69.8 Å². The summed E-state index contributed by atoms with van der Waals surface area (Å²) in [6.07, 6.45) is 1.90. The van der Waals surface area contributed by atoms with Crippen LogP contribution in [0.5, 0.6) is 0 Å². The van der Waals surface area contributed by atoms with Crippen molar-refractivity contribution < 1.29 is 4.79 Å². The average Bonchev–Trinajstić information content (AvgIpc) is 3.04. The molecule has 27 heavy (non-hydrogen) atoms. The van der Waals surface area contributed by atoms with E-state index in [0.29, 0.717) is 22.4 Å². The second-order valence-electron chi connectivity index (χ2n) is 6.46. The number of carbonyl (C=O) groups excluding carboxylic acids is 1. The number of H-pyrrole nitrogens is 1. The molecular formula is C19H19Cl3N4O. The van der Waals surface area contributed by atoms with Gasteiger partial charge in [0.15, 0.2) is 5.82 Å². The number of benzene rings is 2. The van der Waals surface area contributed by atoms with E-state index in [1.54, 1.807) is 12.1 Å². The Hall–Kier alpha value is -1.79. The molecule has 2 heterocycles. The van der Waals surface area contributed by atoms with Crippen molar-refractivity contribution in [2.75, 3.05) is 18.4 Å². The first-order valence-corrected chi connectivity index (χ1v) is 9.33. The lowest BCUT2D eigenvalue weighted by Crippen LogP contribution is -2.37. The summed E-state index contributed by atoms with van der Waals surface area (Å²) < 4.78 is 0. The fraction of sp³-hybridized carbons (Fsp3) is 0.263. The van der Waals surface area contributed by atoms with Crippen LogP contribution >= 0.6 is 35.6 Å². The van der Waals surface area contributed by atoms with Crippen molar-refractivity contribution in [1.29, 1.82) is 0 Å². The number of hydrogen-bond acceptors (Lipinski definition) is 3. The highest BCUT2D eigenvalue weighted by molar-refractivity contribution is 6.39. The number of anilines is 1. The van der Waals surface area contributed by atoms with Gasteiger partial charge in [0.25, 0.3) is 0 Å². The van der Waals surface area contributed by atoms with Crippen LogP contribution in [0, 0.1) is 5.92 Å². The molecule has 1 saturated heterocycles. The van der Waals surface area contributed by atoms with Gasteiger partial charge in [0.05, 0.1) is 11.4 Å². The smallest absolute Gasteiger partial charge is 0.229 e. The molecule has 1 amide bonds. The molecule has 8 heteroatoms. The molecule has 0 bridgehead atoms. The zero-order valence-corrected chi connectivity index (χ0v) is 16.7. The molecule has 1 aliphatic rings. The molecule has 1 fully saturated rings. The van der Waals surface area contributed by atoms with Crippen LogP contribution in [0.2, 0.25) is 10.0 Å². The number of carbonyl (C=O) groups is 1. The first-order valence-electron chi connectivity index (χ1n) is 8.57. The van der Waals surface area contributed by atoms with Crippen molar-refractivity contribution >= 4 is 58.2 Å². The number of fused-ring (bicyclic) bond motifs is 1. The summed E-state index contributed by atoms with van der Waals surface area (Å²) in [7, 11) is 0. The summed E-state index contributed by atoms with van der Waals surface area (Å²) in [5.41, 5.74) is 2.49. The Labute approximate surface area is 173 Å². The van der Waals surface area contributed by atoms with Gasteiger partial charge in [0, 0.05) is 27.5 Å². The lowest BCUT2D eigenvalue weighted by Gasteiger charge is -2.21. The van der Waals surface area contributed by atoms with Gasteiger partial charge in [-0.3, -0.25) is 9.89 Å². The molecule has 0 saturated carbocycles. The van der Waals surface area contributed by atoms with Crippen LogP contribution in [0.3, 0.4) is 0 Å². The fourth-order valence-corrected chi connectivity index (χ4v) is 3.95. The molecule has 142 valence electrons. The molecular weight excluding hydrogens is 407 g/mol. The molecule has 1 aromatic heterocycles. The van der Waals surface area contributed by atoms with Crippen LogP contribution in [0.15, 0.2) is 36.4 Å². The minimum atomic E-state index is -0.0308. The zero-order chi connectivity index (χ0) is 18.1. The summed E-state index contributed by atoms with van der Waals surface area (Å²) >= 11 is 12.7. The molecule has 2 aromatic carbocycles. The van der Waals surface area contributed by atoms with Crippen molar-refractivity contribution in [2.24, 2.45) is 5.92 Å². The molecule has 1 atom stereocenters. The highest BCUT2D eigenvalue weighted by atomic mass is 35.5. The van der Waals surface area contributed by atoms with Gasteiger partial charge in [-0.25, -0.2) is 0 Å². The maximum Gasteiger partial charge on any atom is 0.229 e. The SMILES string of the molecule is Cl.O=C(Nc1n[nH]c2ccc(-c3c(Cl)cccc3Cl)cc12)[C@@H]1CCCNC1. The predicted molar refractivity (Wildman–Crippen MR) is 113 cm³/mol. The fourth-order valence-electron chi connectivity index (χ4n) is 3.33. The number of aromatic nitrogens is 2. The van der Waals surface area contributed by atoms with Crippen molar-refractivity contribution in [3.05, 3.63) is 46.4 Å². The van der Waals surface area contributed by atoms with Gasteiger partial charge in [-0.15, -0.1) is 12.4 Å². The first kappa shape index (κ1) is 20.0. The minimum absolute atomic E-state index is 0. The number of rotatable bonds is 3. The Morgan fingerprint density at radius 2 is 1.96 bits per heavy atom. The molecule has 0 unspecified atom stereocenters. The van der Waals surface area contributed by atoms with Crippen LogP contribution in [-0.4, -0.2) is 29.2 Å². The van der Waals surface area contributed by atoms with Crippen LogP contribution < -0.4 is 10.6 Å². The van der Waals surface area contributed by atoms with E-state index in [2.05, 4.69) is 20.8 Å². The maximum absolute atomic E-state index is 12.5. The largest absolute Gasteiger partial charge is 0.316 e. The van der Waals surface area contributed by atoms with E-state index in [0.717, 1.165) is 41.4 Å². The van der Waals surface area contributed by atoms with Gasteiger partial charge in [-0.1, -0.05) is 35.3 Å². The lowest BCUT2D eigenvalue weighted by molar-refractivity contribution is -0.120. The van der Waals surface area contributed by atoms with Crippen molar-refractivity contribution in [3.8, 4) is 11.1 Å². The van der Waals surface area contributed by atoms with Gasteiger partial charge in [-0.2, -0.15) is 5.10 Å². The average molecular weight is 426 g/mol. The second kappa shape index (κ2) is 8.48. The van der Waals surface area contributed by atoms with Gasteiger partial charge in [-0.05, 0) is 49.2 Å². The Morgan fingerprint density at radius 1 is 1.19 bits per heavy atom. The molecule has 0 radical (unpaired) electrons. The first-order chi connectivity index (χ1) is 12.6. The number of piperidine rings is 1. The summed E-state index contributed by atoms with van der Waals surface area (Å²) in [5.74, 6) is 0.490. The summed E-state index contributed by atoms with van der Waals surface area (Å²) in [6, 6.07) is 11.2. The Balaban J connectivity index is 0.00000210. The second-order valence-corrected chi connectivity index (χ2v) is 7.28. The Bertz CT molecular complexity index is 946.